The van der Waals surface area contributed by atoms with Crippen molar-refractivity contribution in [2.24, 2.45) is 0 Å². The Morgan fingerprint density at radius 1 is 0.920 bits per heavy atom. The van der Waals surface area contributed by atoms with Crippen LogP contribution in [0.5, 0.6) is 17.2 Å². The van der Waals surface area contributed by atoms with Gasteiger partial charge in [-0.2, -0.15) is 0 Å². The summed E-state index contributed by atoms with van der Waals surface area (Å²) in [4.78, 5) is 25.0. The van der Waals surface area contributed by atoms with Gasteiger partial charge in [0.15, 0.2) is 0 Å². The second kappa shape index (κ2) is 6.84. The summed E-state index contributed by atoms with van der Waals surface area (Å²) in [7, 11) is 0. The standard InChI is InChI=1S/C19H20N2O4/c1-19(2)17(22)21(18(23)20-19)12-13-24-14-8-10-16(11-9-14)25-15-6-4-3-5-7-15/h3-11H,12-13H2,1-2H3,(H,20,23). The number of rotatable bonds is 6. The number of nitrogens with one attached hydrogen (secondary N) is 1. The molecule has 0 spiro atoms. The van der Waals surface area contributed by atoms with Crippen molar-refractivity contribution < 1.29 is 19.1 Å². The molecule has 6 nitrogen and oxygen atoms in total. The number of nitrogens with zero attached hydrogens (tertiary/aromatic N) is 1. The van der Waals surface area contributed by atoms with Crippen molar-refractivity contribution in [3.8, 4) is 17.2 Å². The van der Waals surface area contributed by atoms with Crippen LogP contribution < -0.4 is 14.8 Å². The van der Waals surface area contributed by atoms with Gasteiger partial charge in [0.05, 0.1) is 6.54 Å². The van der Waals surface area contributed by atoms with E-state index in [-0.39, 0.29) is 25.1 Å². The van der Waals surface area contributed by atoms with Crippen molar-refractivity contribution in [2.45, 2.75) is 19.4 Å². The van der Waals surface area contributed by atoms with Crippen molar-refractivity contribution in [2.75, 3.05) is 13.2 Å². The van der Waals surface area contributed by atoms with Crippen LogP contribution in [0.25, 0.3) is 0 Å². The molecule has 1 fully saturated rings. The lowest BCUT2D eigenvalue weighted by molar-refractivity contribution is -0.130. The maximum atomic E-state index is 12.1. The summed E-state index contributed by atoms with van der Waals surface area (Å²) in [5.41, 5.74) is -0.854. The minimum Gasteiger partial charge on any atom is -0.492 e. The van der Waals surface area contributed by atoms with Gasteiger partial charge in [-0.25, -0.2) is 4.79 Å². The second-order valence-electron chi connectivity index (χ2n) is 6.25. The van der Waals surface area contributed by atoms with E-state index in [0.717, 1.165) is 5.75 Å². The molecule has 0 unspecified atom stereocenters. The summed E-state index contributed by atoms with van der Waals surface area (Å²) in [6, 6.07) is 16.3. The number of benzene rings is 2. The number of carbonyl (C=O) groups excluding carboxylic acids is 2. The Hall–Kier alpha value is -3.02. The van der Waals surface area contributed by atoms with Crippen LogP contribution in [0.2, 0.25) is 0 Å². The van der Waals surface area contributed by atoms with Crippen LogP contribution in [0.3, 0.4) is 0 Å². The minimum absolute atomic E-state index is 0.205. The van der Waals surface area contributed by atoms with E-state index in [1.807, 2.05) is 30.3 Å². The SMILES string of the molecule is CC1(C)NC(=O)N(CCOc2ccc(Oc3ccccc3)cc2)C1=O. The van der Waals surface area contributed by atoms with E-state index in [9.17, 15) is 9.59 Å². The van der Waals surface area contributed by atoms with Gasteiger partial charge in [-0.15, -0.1) is 0 Å². The molecule has 1 N–H and O–H groups in total. The van der Waals surface area contributed by atoms with Crippen LogP contribution in [-0.4, -0.2) is 35.5 Å². The zero-order valence-corrected chi connectivity index (χ0v) is 14.2. The number of carbonyl (C=O) groups is 2. The van der Waals surface area contributed by atoms with E-state index in [1.54, 1.807) is 38.1 Å². The van der Waals surface area contributed by atoms with Crippen molar-refractivity contribution in [1.29, 1.82) is 0 Å². The topological polar surface area (TPSA) is 67.9 Å². The molecular weight excluding hydrogens is 320 g/mol. The van der Waals surface area contributed by atoms with Gasteiger partial charge in [-0.3, -0.25) is 9.69 Å². The number of amides is 3. The van der Waals surface area contributed by atoms with Crippen LogP contribution >= 0.6 is 0 Å². The molecule has 1 aliphatic heterocycles. The largest absolute Gasteiger partial charge is 0.492 e. The lowest BCUT2D eigenvalue weighted by atomic mass is 10.1. The molecule has 1 aliphatic rings. The molecule has 0 aliphatic carbocycles. The first-order chi connectivity index (χ1) is 12.0. The van der Waals surface area contributed by atoms with Crippen LogP contribution in [0.4, 0.5) is 4.79 Å². The van der Waals surface area contributed by atoms with Crippen molar-refractivity contribution in [3.05, 3.63) is 54.6 Å². The fourth-order valence-corrected chi connectivity index (χ4v) is 2.50. The summed E-state index contributed by atoms with van der Waals surface area (Å²) in [6.07, 6.45) is 0. The maximum Gasteiger partial charge on any atom is 0.325 e. The monoisotopic (exact) mass is 340 g/mol. The zero-order chi connectivity index (χ0) is 17.9. The molecule has 0 radical (unpaired) electrons. The van der Waals surface area contributed by atoms with Gasteiger partial charge >= 0.3 is 6.03 Å². The number of ether oxygens (including phenoxy) is 2. The first-order valence-corrected chi connectivity index (χ1v) is 8.05. The molecule has 3 rings (SSSR count). The summed E-state index contributed by atoms with van der Waals surface area (Å²) < 4.78 is 11.3. The van der Waals surface area contributed by atoms with E-state index in [4.69, 9.17) is 9.47 Å². The molecule has 0 saturated carbocycles. The third-order valence-corrected chi connectivity index (χ3v) is 3.83. The normalized spacial score (nSPS) is 15.8. The van der Waals surface area contributed by atoms with Crippen molar-refractivity contribution >= 4 is 11.9 Å². The van der Waals surface area contributed by atoms with Crippen molar-refractivity contribution in [3.63, 3.8) is 0 Å². The Labute approximate surface area is 146 Å². The Bertz CT molecular complexity index is 757. The average molecular weight is 340 g/mol. The van der Waals surface area contributed by atoms with Gasteiger partial charge in [0.1, 0.15) is 29.4 Å². The number of hydrogen-bond acceptors (Lipinski definition) is 4. The zero-order valence-electron chi connectivity index (χ0n) is 14.2. The maximum absolute atomic E-state index is 12.1. The number of imide groups is 1. The molecule has 2 aromatic carbocycles. The van der Waals surface area contributed by atoms with Crippen LogP contribution in [0.15, 0.2) is 54.6 Å². The van der Waals surface area contributed by atoms with E-state index in [2.05, 4.69) is 5.32 Å². The summed E-state index contributed by atoms with van der Waals surface area (Å²) in [6.45, 7) is 3.80. The van der Waals surface area contributed by atoms with Crippen molar-refractivity contribution in [1.82, 2.24) is 10.2 Å². The van der Waals surface area contributed by atoms with Crippen LogP contribution in [0.1, 0.15) is 13.8 Å². The first kappa shape index (κ1) is 16.8. The lowest BCUT2D eigenvalue weighted by Gasteiger charge is -2.16. The molecule has 130 valence electrons. The molecule has 0 aromatic heterocycles. The molecule has 1 saturated heterocycles. The van der Waals surface area contributed by atoms with Gasteiger partial charge in [0.25, 0.3) is 5.91 Å². The molecule has 3 amide bonds. The van der Waals surface area contributed by atoms with E-state index in [0.29, 0.717) is 11.5 Å². The molecule has 0 bridgehead atoms. The van der Waals surface area contributed by atoms with Gasteiger partial charge < -0.3 is 14.8 Å². The van der Waals surface area contributed by atoms with Gasteiger partial charge in [0, 0.05) is 0 Å². The highest BCUT2D eigenvalue weighted by molar-refractivity contribution is 6.06. The summed E-state index contributed by atoms with van der Waals surface area (Å²) >= 11 is 0. The first-order valence-electron chi connectivity index (χ1n) is 8.05. The third kappa shape index (κ3) is 3.91. The summed E-state index contributed by atoms with van der Waals surface area (Å²) in [5, 5.41) is 2.64. The highest BCUT2D eigenvalue weighted by Crippen LogP contribution is 2.23. The number of hydrogen-bond donors (Lipinski definition) is 1. The van der Waals surface area contributed by atoms with E-state index < -0.39 is 5.54 Å². The molecular formula is C19H20N2O4. The fourth-order valence-electron chi connectivity index (χ4n) is 2.50. The highest BCUT2D eigenvalue weighted by atomic mass is 16.5. The predicted molar refractivity (Wildman–Crippen MR) is 92.8 cm³/mol. The quantitative estimate of drug-likeness (QED) is 0.820. The van der Waals surface area contributed by atoms with E-state index in [1.165, 1.54) is 4.90 Å². The summed E-state index contributed by atoms with van der Waals surface area (Å²) in [5.74, 6) is 1.87. The second-order valence-corrected chi connectivity index (χ2v) is 6.25. The smallest absolute Gasteiger partial charge is 0.325 e. The lowest BCUT2D eigenvalue weighted by Crippen LogP contribution is -2.40. The Morgan fingerprint density at radius 3 is 2.12 bits per heavy atom. The van der Waals surface area contributed by atoms with Crippen LogP contribution in [-0.2, 0) is 4.79 Å². The molecule has 6 heteroatoms. The number of para-hydroxylation sites is 1. The average Bonchev–Trinajstić information content (AvgIpc) is 2.79. The van der Waals surface area contributed by atoms with Crippen LogP contribution in [0, 0.1) is 0 Å². The Balaban J connectivity index is 1.51. The fraction of sp³-hybridized carbons (Fsp3) is 0.263. The minimum atomic E-state index is -0.854. The van der Waals surface area contributed by atoms with Gasteiger partial charge in [0.2, 0.25) is 0 Å². The van der Waals surface area contributed by atoms with E-state index >= 15 is 0 Å². The third-order valence-electron chi connectivity index (χ3n) is 3.83. The number of urea groups is 1. The molecule has 0 atom stereocenters. The molecule has 1 heterocycles. The highest BCUT2D eigenvalue weighted by Gasteiger charge is 2.43. The molecule has 2 aromatic rings. The van der Waals surface area contributed by atoms with Gasteiger partial charge in [-0.1, -0.05) is 18.2 Å². The Morgan fingerprint density at radius 2 is 1.52 bits per heavy atom. The molecule has 25 heavy (non-hydrogen) atoms. The Kier molecular flexibility index (Phi) is 4.61. The van der Waals surface area contributed by atoms with Gasteiger partial charge in [-0.05, 0) is 50.2 Å². The predicted octanol–water partition coefficient (Wildman–Crippen LogP) is 3.19.